The fraction of sp³-hybridized carbons (Fsp3) is 0.125. The van der Waals surface area contributed by atoms with E-state index in [0.29, 0.717) is 11.0 Å². The summed E-state index contributed by atoms with van der Waals surface area (Å²) >= 11 is 5.79. The Bertz CT molecular complexity index is 531. The Morgan fingerprint density at radius 2 is 2.27 bits per heavy atom. The number of nitrogens with zero attached hydrogens (tertiary/aromatic N) is 3. The maximum atomic E-state index is 10.8. The largest absolute Gasteiger partial charge is 1.00 e. The number of hydrogen-bond donors (Lipinski definition) is 1. The van der Waals surface area contributed by atoms with Crippen molar-refractivity contribution in [2.75, 3.05) is 0 Å². The third-order valence-electron chi connectivity index (χ3n) is 1.99. The summed E-state index contributed by atoms with van der Waals surface area (Å²) in [5.74, 6) is -1.01. The van der Waals surface area contributed by atoms with Crippen LogP contribution in [0.2, 0.25) is 5.15 Å². The van der Waals surface area contributed by atoms with Gasteiger partial charge in [0.1, 0.15) is 22.8 Å². The summed E-state index contributed by atoms with van der Waals surface area (Å²) < 4.78 is 1.46. The summed E-state index contributed by atoms with van der Waals surface area (Å²) in [4.78, 5) is 18.5. The van der Waals surface area contributed by atoms with E-state index in [9.17, 15) is 4.79 Å². The molecule has 0 unspecified atom stereocenters. The molecule has 0 saturated carbocycles. The first kappa shape index (κ1) is 12.0. The molecule has 0 atom stereocenters. The van der Waals surface area contributed by atoms with Gasteiger partial charge in [-0.15, -0.1) is 0 Å². The normalized spacial score (nSPS) is 10.0. The van der Waals surface area contributed by atoms with Gasteiger partial charge < -0.3 is 11.1 Å². The zero-order chi connectivity index (χ0) is 10.3. The van der Waals surface area contributed by atoms with Gasteiger partial charge in [0.15, 0.2) is 0 Å². The number of carboxylic acid groups (broad SMARTS) is 1. The van der Waals surface area contributed by atoms with Gasteiger partial charge in [-0.2, -0.15) is 0 Å². The number of aromatic nitrogens is 3. The molecule has 0 aromatic carbocycles. The molecule has 0 aliphatic carbocycles. The fourth-order valence-electron chi connectivity index (χ4n) is 1.31. The Morgan fingerprint density at radius 1 is 1.60 bits per heavy atom. The molecule has 0 radical (unpaired) electrons. The molecular weight excluding hydrogens is 213 g/mol. The van der Waals surface area contributed by atoms with Crippen LogP contribution in [0.1, 0.15) is 11.9 Å². The molecule has 0 amide bonds. The maximum Gasteiger partial charge on any atom is 1.00 e. The minimum Gasteiger partial charge on any atom is -1.00 e. The van der Waals surface area contributed by atoms with E-state index < -0.39 is 5.97 Å². The first-order valence-corrected chi connectivity index (χ1v) is 4.18. The van der Waals surface area contributed by atoms with Gasteiger partial charge in [-0.1, -0.05) is 11.6 Å². The van der Waals surface area contributed by atoms with E-state index >= 15 is 0 Å². The fourth-order valence-corrected chi connectivity index (χ4v) is 1.49. The van der Waals surface area contributed by atoms with Gasteiger partial charge >= 0.3 is 24.8 Å². The summed E-state index contributed by atoms with van der Waals surface area (Å²) in [5, 5.41) is 9.66. The third kappa shape index (κ3) is 1.86. The molecule has 1 N–H and O–H groups in total. The Labute approximate surface area is 104 Å². The molecular formula is C8H7ClLiN3O2. The van der Waals surface area contributed by atoms with E-state index in [4.69, 9.17) is 16.7 Å². The van der Waals surface area contributed by atoms with E-state index in [1.54, 1.807) is 7.05 Å². The van der Waals surface area contributed by atoms with Crippen LogP contribution in [0.5, 0.6) is 0 Å². The van der Waals surface area contributed by atoms with Crippen molar-refractivity contribution >= 4 is 28.6 Å². The van der Waals surface area contributed by atoms with Crippen LogP contribution in [-0.4, -0.2) is 25.6 Å². The molecule has 0 fully saturated rings. The number of hydrogen-bond acceptors (Lipinski definition) is 3. The molecule has 0 bridgehead atoms. The molecule has 0 spiro atoms. The summed E-state index contributed by atoms with van der Waals surface area (Å²) in [6, 6.07) is 1.46. The zero-order valence-electron chi connectivity index (χ0n) is 9.23. The molecule has 2 aromatic rings. The zero-order valence-corrected chi connectivity index (χ0v) is 8.99. The minimum absolute atomic E-state index is 0. The molecule has 2 heterocycles. The molecule has 15 heavy (non-hydrogen) atoms. The van der Waals surface area contributed by atoms with Crippen LogP contribution in [0.3, 0.4) is 0 Å². The first-order chi connectivity index (χ1) is 6.61. The number of halogens is 1. The Morgan fingerprint density at radius 3 is 2.80 bits per heavy atom. The van der Waals surface area contributed by atoms with Crippen molar-refractivity contribution in [3.05, 3.63) is 23.2 Å². The van der Waals surface area contributed by atoms with Crippen molar-refractivity contribution < 1.29 is 30.2 Å². The predicted octanol–water partition coefficient (Wildman–Crippen LogP) is -1.56. The Hall–Kier alpha value is -1.02. The predicted molar refractivity (Wildman–Crippen MR) is 51.6 cm³/mol. The van der Waals surface area contributed by atoms with Crippen LogP contribution >= 0.6 is 11.6 Å². The number of carboxylic acids is 1. The van der Waals surface area contributed by atoms with Crippen molar-refractivity contribution in [3.63, 3.8) is 0 Å². The van der Waals surface area contributed by atoms with Crippen molar-refractivity contribution in [3.8, 4) is 0 Å². The number of aryl methyl sites for hydroxylation is 1. The summed E-state index contributed by atoms with van der Waals surface area (Å²) in [7, 11) is 1.62. The van der Waals surface area contributed by atoms with Crippen LogP contribution in [-0.2, 0) is 7.05 Å². The smallest absolute Gasteiger partial charge is 1.00 e. The van der Waals surface area contributed by atoms with Crippen LogP contribution in [0, 0.1) is 0 Å². The average Bonchev–Trinajstić information content (AvgIpc) is 2.46. The molecule has 2 rings (SSSR count). The van der Waals surface area contributed by atoms with E-state index in [2.05, 4.69) is 9.97 Å². The summed E-state index contributed by atoms with van der Waals surface area (Å²) in [5.41, 5.74) is 0.657. The molecule has 5 nitrogen and oxygen atoms in total. The summed E-state index contributed by atoms with van der Waals surface area (Å²) in [6.45, 7) is 0. The molecule has 7 heteroatoms. The van der Waals surface area contributed by atoms with Crippen LogP contribution in [0.15, 0.2) is 12.4 Å². The molecule has 2 aromatic heterocycles. The van der Waals surface area contributed by atoms with E-state index in [1.165, 1.54) is 17.0 Å². The van der Waals surface area contributed by atoms with Crippen molar-refractivity contribution in [1.29, 1.82) is 0 Å². The first-order valence-electron chi connectivity index (χ1n) is 3.80. The van der Waals surface area contributed by atoms with Gasteiger partial charge in [0.25, 0.3) is 0 Å². The molecule has 0 aliphatic rings. The second kappa shape index (κ2) is 4.23. The molecule has 74 valence electrons. The number of aromatic carboxylic acids is 1. The number of fused-ring (bicyclic) bond motifs is 1. The average molecular weight is 220 g/mol. The monoisotopic (exact) mass is 219 g/mol. The van der Waals surface area contributed by atoms with Gasteiger partial charge in [-0.25, -0.2) is 14.8 Å². The topological polar surface area (TPSA) is 68.0 Å². The van der Waals surface area contributed by atoms with Crippen molar-refractivity contribution in [1.82, 2.24) is 14.5 Å². The molecule has 0 aliphatic heterocycles. The number of carbonyl (C=O) groups is 1. The standard InChI is InChI=1S/C8H6ClN3O2.Li.H/c1-12-5(8(13)14)2-4-6(9)10-3-11-7(4)12;;/h2-3H,1H3,(H,13,14);;/q;+1;-1. The Balaban J connectivity index is 0.00000112. The second-order valence-electron chi connectivity index (χ2n) is 2.80. The van der Waals surface area contributed by atoms with Crippen LogP contribution < -0.4 is 18.9 Å². The van der Waals surface area contributed by atoms with Gasteiger partial charge in [0, 0.05) is 7.05 Å². The van der Waals surface area contributed by atoms with Gasteiger partial charge in [0.05, 0.1) is 5.39 Å². The minimum atomic E-state index is -1.01. The summed E-state index contributed by atoms with van der Waals surface area (Å²) in [6.07, 6.45) is 1.30. The van der Waals surface area contributed by atoms with Gasteiger partial charge in [-0.05, 0) is 6.07 Å². The van der Waals surface area contributed by atoms with E-state index in [1.807, 2.05) is 0 Å². The van der Waals surface area contributed by atoms with Crippen LogP contribution in [0.25, 0.3) is 11.0 Å². The van der Waals surface area contributed by atoms with Crippen LogP contribution in [0.4, 0.5) is 0 Å². The van der Waals surface area contributed by atoms with Crippen molar-refractivity contribution in [2.45, 2.75) is 0 Å². The SMILES string of the molecule is Cn1c(C(=O)O)cc2c(Cl)ncnc21.[H-].[Li+]. The maximum absolute atomic E-state index is 10.8. The van der Waals surface area contributed by atoms with E-state index in [0.717, 1.165) is 0 Å². The quantitative estimate of drug-likeness (QED) is 0.465. The third-order valence-corrected chi connectivity index (χ3v) is 2.29. The van der Waals surface area contributed by atoms with E-state index in [-0.39, 0.29) is 31.1 Å². The second-order valence-corrected chi connectivity index (χ2v) is 3.15. The molecule has 0 saturated heterocycles. The Kier molecular flexibility index (Phi) is 3.40. The van der Waals surface area contributed by atoms with Gasteiger partial charge in [-0.3, -0.25) is 0 Å². The van der Waals surface area contributed by atoms with Gasteiger partial charge in [0.2, 0.25) is 0 Å². The number of rotatable bonds is 1. The van der Waals surface area contributed by atoms with Crippen molar-refractivity contribution in [2.24, 2.45) is 7.05 Å².